The minimum atomic E-state index is -0.202. The van der Waals surface area contributed by atoms with E-state index in [0.29, 0.717) is 34.0 Å². The van der Waals surface area contributed by atoms with Crippen molar-refractivity contribution in [3.05, 3.63) is 113 Å². The minimum Gasteiger partial charge on any atom is -0.346 e. The number of amides is 1. The van der Waals surface area contributed by atoms with Crippen LogP contribution < -0.4 is 10.6 Å². The third-order valence-corrected chi connectivity index (χ3v) is 7.20. The number of hydrogen-bond donors (Lipinski definition) is 4. The van der Waals surface area contributed by atoms with Crippen LogP contribution in [0.5, 0.6) is 0 Å². The molecule has 1 amide bonds. The zero-order valence-electron chi connectivity index (χ0n) is 20.3. The third kappa shape index (κ3) is 4.28. The Kier molecular flexibility index (Phi) is 5.56. The van der Waals surface area contributed by atoms with E-state index in [1.54, 1.807) is 35.9 Å². The molecule has 10 heteroatoms. The van der Waals surface area contributed by atoms with Crippen molar-refractivity contribution in [3.63, 3.8) is 0 Å². The highest BCUT2D eigenvalue weighted by Crippen LogP contribution is 2.35. The fourth-order valence-electron chi connectivity index (χ4n) is 4.44. The molecule has 0 bridgehead atoms. The molecule has 4 N–H and O–H groups in total. The molecule has 6 aromatic rings. The molecular formula is C29H20N8OS. The summed E-state index contributed by atoms with van der Waals surface area (Å²) in [7, 11) is 0. The molecule has 0 radical (unpaired) electrons. The van der Waals surface area contributed by atoms with E-state index < -0.39 is 0 Å². The normalized spacial score (nSPS) is 12.5. The summed E-state index contributed by atoms with van der Waals surface area (Å²) in [5.41, 5.74) is 6.52. The molecule has 1 aliphatic heterocycles. The highest BCUT2D eigenvalue weighted by Gasteiger charge is 2.21. The Labute approximate surface area is 226 Å². The lowest BCUT2D eigenvalue weighted by Gasteiger charge is -2.07. The Morgan fingerprint density at radius 1 is 0.949 bits per heavy atom. The zero-order valence-corrected chi connectivity index (χ0v) is 21.2. The Bertz CT molecular complexity index is 1880. The molecule has 6 heterocycles. The average Bonchev–Trinajstić information content (AvgIpc) is 3.72. The lowest BCUT2D eigenvalue weighted by molar-refractivity contribution is 0.102. The highest BCUT2D eigenvalue weighted by atomic mass is 32.1. The number of anilines is 2. The van der Waals surface area contributed by atoms with Gasteiger partial charge in [-0.2, -0.15) is 5.10 Å². The fraction of sp³-hybridized carbons (Fsp3) is 0. The van der Waals surface area contributed by atoms with Crippen molar-refractivity contribution in [2.75, 3.05) is 10.6 Å². The molecule has 1 aliphatic rings. The van der Waals surface area contributed by atoms with Crippen LogP contribution in [0.4, 0.5) is 11.5 Å². The number of nitrogens with zero attached hydrogens (tertiary/aromatic N) is 4. The predicted molar refractivity (Wildman–Crippen MR) is 153 cm³/mol. The van der Waals surface area contributed by atoms with Gasteiger partial charge >= 0.3 is 0 Å². The second kappa shape index (κ2) is 9.51. The number of pyridine rings is 2. The third-order valence-electron chi connectivity index (χ3n) is 6.29. The van der Waals surface area contributed by atoms with E-state index in [2.05, 4.69) is 42.2 Å². The Hall–Kier alpha value is -5.35. The van der Waals surface area contributed by atoms with Crippen LogP contribution in [0.1, 0.15) is 20.9 Å². The van der Waals surface area contributed by atoms with Crippen LogP contribution in [-0.2, 0) is 0 Å². The first kappa shape index (κ1) is 22.8. The largest absolute Gasteiger partial charge is 0.346 e. The number of aromatic nitrogens is 6. The summed E-state index contributed by atoms with van der Waals surface area (Å²) >= 11 is 1.66. The van der Waals surface area contributed by atoms with Crippen LogP contribution in [-0.4, -0.2) is 36.0 Å². The summed E-state index contributed by atoms with van der Waals surface area (Å²) in [4.78, 5) is 31.3. The van der Waals surface area contributed by atoms with Gasteiger partial charge in [0.1, 0.15) is 17.0 Å². The van der Waals surface area contributed by atoms with Crippen molar-refractivity contribution in [3.8, 4) is 22.8 Å². The number of rotatable bonds is 5. The summed E-state index contributed by atoms with van der Waals surface area (Å²) in [5.74, 6) is 1.19. The average molecular weight is 529 g/mol. The minimum absolute atomic E-state index is 0.202. The lowest BCUT2D eigenvalue weighted by Crippen LogP contribution is -2.11. The molecule has 0 fully saturated rings. The van der Waals surface area contributed by atoms with E-state index in [1.165, 1.54) is 0 Å². The number of fused-ring (bicyclic) bond motifs is 2. The maximum absolute atomic E-state index is 12.6. The van der Waals surface area contributed by atoms with Gasteiger partial charge in [0, 0.05) is 34.0 Å². The molecule has 188 valence electrons. The maximum atomic E-state index is 12.6. The van der Waals surface area contributed by atoms with Gasteiger partial charge in [-0.05, 0) is 53.9 Å². The van der Waals surface area contributed by atoms with Gasteiger partial charge in [0.2, 0.25) is 0 Å². The number of hydrogen-bond acceptors (Lipinski definition) is 7. The molecule has 1 aromatic carbocycles. The molecule has 0 atom stereocenters. The van der Waals surface area contributed by atoms with Crippen LogP contribution in [0, 0.1) is 0 Å². The Morgan fingerprint density at radius 2 is 1.87 bits per heavy atom. The first-order valence-corrected chi connectivity index (χ1v) is 13.1. The second-order valence-corrected chi connectivity index (χ2v) is 9.77. The van der Waals surface area contributed by atoms with Crippen LogP contribution >= 0.6 is 11.3 Å². The fourth-order valence-corrected chi connectivity index (χ4v) is 5.19. The Morgan fingerprint density at radius 3 is 2.74 bits per heavy atom. The van der Waals surface area contributed by atoms with Crippen LogP contribution in [0.15, 0.2) is 96.8 Å². The lowest BCUT2D eigenvalue weighted by atomic mass is 10.1. The van der Waals surface area contributed by atoms with Gasteiger partial charge in [-0.3, -0.25) is 14.9 Å². The van der Waals surface area contributed by atoms with Gasteiger partial charge < -0.3 is 15.6 Å². The van der Waals surface area contributed by atoms with Crippen molar-refractivity contribution < 1.29 is 4.79 Å². The monoisotopic (exact) mass is 528 g/mol. The molecule has 7 rings (SSSR count). The first-order valence-electron chi connectivity index (χ1n) is 12.2. The summed E-state index contributed by atoms with van der Waals surface area (Å²) in [6.45, 7) is 0. The number of carbonyl (C=O) groups excluding carboxylic acids is 1. The number of carbonyl (C=O) groups is 1. The van der Waals surface area contributed by atoms with E-state index in [9.17, 15) is 4.79 Å². The quantitative estimate of drug-likeness (QED) is 0.215. The number of imidazole rings is 1. The van der Waals surface area contributed by atoms with Gasteiger partial charge in [0.25, 0.3) is 5.91 Å². The van der Waals surface area contributed by atoms with E-state index in [1.807, 2.05) is 60.8 Å². The predicted octanol–water partition coefficient (Wildman–Crippen LogP) is 6.09. The van der Waals surface area contributed by atoms with Gasteiger partial charge in [0.05, 0.1) is 23.1 Å². The van der Waals surface area contributed by atoms with Crippen LogP contribution in [0.2, 0.25) is 0 Å². The van der Waals surface area contributed by atoms with Crippen LogP contribution in [0.25, 0.3) is 39.4 Å². The van der Waals surface area contributed by atoms with E-state index in [0.717, 1.165) is 33.0 Å². The number of thiophene rings is 1. The van der Waals surface area contributed by atoms with E-state index >= 15 is 0 Å². The molecule has 9 nitrogen and oxygen atoms in total. The molecule has 0 saturated carbocycles. The SMILES string of the molecule is O=C(Nc1cncc(-c2ccc3[nH]nc(-c4nc5c([nH]4)NC=CC=C5c4cccs4)c3n2)c1)c1ccccc1. The smallest absolute Gasteiger partial charge is 0.255 e. The molecule has 0 saturated heterocycles. The Balaban J connectivity index is 1.23. The van der Waals surface area contributed by atoms with Gasteiger partial charge in [-0.1, -0.05) is 24.3 Å². The molecule has 5 aromatic heterocycles. The summed E-state index contributed by atoms with van der Waals surface area (Å²) in [6.07, 6.45) is 9.21. The topological polar surface area (TPSA) is 124 Å². The van der Waals surface area contributed by atoms with E-state index in [-0.39, 0.29) is 5.91 Å². The summed E-state index contributed by atoms with van der Waals surface area (Å²) in [5, 5.41) is 15.8. The van der Waals surface area contributed by atoms with Crippen molar-refractivity contribution in [2.45, 2.75) is 0 Å². The van der Waals surface area contributed by atoms with Crippen molar-refractivity contribution in [2.24, 2.45) is 0 Å². The highest BCUT2D eigenvalue weighted by molar-refractivity contribution is 7.11. The van der Waals surface area contributed by atoms with Gasteiger partial charge in [0.15, 0.2) is 11.5 Å². The first-order chi connectivity index (χ1) is 19.2. The van der Waals surface area contributed by atoms with Crippen molar-refractivity contribution in [1.82, 2.24) is 30.1 Å². The second-order valence-electron chi connectivity index (χ2n) is 8.82. The molecule has 0 aliphatic carbocycles. The van der Waals surface area contributed by atoms with Gasteiger partial charge in [-0.25, -0.2) is 9.97 Å². The number of aromatic amines is 2. The summed E-state index contributed by atoms with van der Waals surface area (Å²) < 4.78 is 0. The number of allylic oxidation sites excluding steroid dienone is 2. The molecular weight excluding hydrogens is 508 g/mol. The zero-order chi connectivity index (χ0) is 26.2. The van der Waals surface area contributed by atoms with Crippen LogP contribution in [0.3, 0.4) is 0 Å². The van der Waals surface area contributed by atoms with Gasteiger partial charge in [-0.15, -0.1) is 11.3 Å². The molecule has 39 heavy (non-hydrogen) atoms. The number of nitrogens with one attached hydrogen (secondary N) is 4. The van der Waals surface area contributed by atoms with Crippen molar-refractivity contribution >= 4 is 45.4 Å². The standard InChI is InChI=1S/C29H20N8OS/c38-29(17-6-2-1-3-7-17)32-19-14-18(15-30-16-19)21-10-11-22-25(33-21)26(37-36-22)28-34-24-20(23-9-5-13-39-23)8-4-12-31-27(24)35-28/h1-16,31H,(H,32,38)(H,34,35)(H,36,37). The van der Waals surface area contributed by atoms with E-state index in [4.69, 9.17) is 9.97 Å². The summed E-state index contributed by atoms with van der Waals surface area (Å²) in [6, 6.07) is 18.8. The molecule has 0 unspecified atom stereocenters. The molecule has 0 spiro atoms. The maximum Gasteiger partial charge on any atom is 0.255 e. The van der Waals surface area contributed by atoms with Crippen molar-refractivity contribution in [1.29, 1.82) is 0 Å². The number of H-pyrrole nitrogens is 2. The number of benzene rings is 1.